The summed E-state index contributed by atoms with van der Waals surface area (Å²) >= 11 is 3.50. The number of hydrogen-bond donors (Lipinski definition) is 1. The summed E-state index contributed by atoms with van der Waals surface area (Å²) in [6, 6.07) is 6.48. The Morgan fingerprint density at radius 1 is 1.41 bits per heavy atom. The van der Waals surface area contributed by atoms with Crippen molar-refractivity contribution in [3.05, 3.63) is 28.2 Å². The van der Waals surface area contributed by atoms with E-state index in [0.717, 1.165) is 16.6 Å². The van der Waals surface area contributed by atoms with Crippen molar-refractivity contribution in [3.63, 3.8) is 0 Å². The van der Waals surface area contributed by atoms with Crippen LogP contribution in [0.4, 0.5) is 0 Å². The molecule has 1 unspecified atom stereocenters. The van der Waals surface area contributed by atoms with E-state index >= 15 is 0 Å². The lowest BCUT2D eigenvalue weighted by atomic mass is 10.0. The van der Waals surface area contributed by atoms with E-state index in [0.29, 0.717) is 0 Å². The molecule has 1 atom stereocenters. The van der Waals surface area contributed by atoms with Gasteiger partial charge in [-0.05, 0) is 46.4 Å². The van der Waals surface area contributed by atoms with Crippen LogP contribution in [0.2, 0.25) is 0 Å². The Hall–Kier alpha value is -0.540. The number of halogens is 1. The Labute approximate surface area is 113 Å². The number of rotatable bonds is 5. The van der Waals surface area contributed by atoms with E-state index in [-0.39, 0.29) is 11.6 Å². The second-order valence-electron chi connectivity index (χ2n) is 4.91. The summed E-state index contributed by atoms with van der Waals surface area (Å²) in [7, 11) is 1.96. The summed E-state index contributed by atoms with van der Waals surface area (Å²) in [5.41, 5.74) is 1.06. The first-order valence-electron chi connectivity index (χ1n) is 6.05. The monoisotopic (exact) mass is 299 g/mol. The van der Waals surface area contributed by atoms with Gasteiger partial charge in [-0.2, -0.15) is 0 Å². The van der Waals surface area contributed by atoms with Crippen molar-refractivity contribution >= 4 is 15.9 Å². The first-order valence-corrected chi connectivity index (χ1v) is 6.84. The van der Waals surface area contributed by atoms with Gasteiger partial charge in [-0.3, -0.25) is 0 Å². The molecule has 0 radical (unpaired) electrons. The van der Waals surface area contributed by atoms with Crippen LogP contribution in [0.15, 0.2) is 22.7 Å². The van der Waals surface area contributed by atoms with Gasteiger partial charge >= 0.3 is 0 Å². The number of ether oxygens (including phenoxy) is 1. The molecule has 0 saturated carbocycles. The molecule has 0 aliphatic rings. The third-order valence-electron chi connectivity index (χ3n) is 3.11. The summed E-state index contributed by atoms with van der Waals surface area (Å²) < 4.78 is 7.16. The summed E-state index contributed by atoms with van der Waals surface area (Å²) in [6.45, 7) is 8.50. The Balaban J connectivity index is 3.07. The third kappa shape index (κ3) is 4.00. The molecule has 0 aliphatic heterocycles. The molecule has 2 nitrogen and oxygen atoms in total. The van der Waals surface area contributed by atoms with Gasteiger partial charge in [-0.1, -0.05) is 28.9 Å². The van der Waals surface area contributed by atoms with E-state index in [9.17, 15) is 0 Å². The molecule has 0 aromatic heterocycles. The topological polar surface area (TPSA) is 21.3 Å². The standard InChI is InChI=1S/C14H22BrNO/c1-6-14(3,4)17-13-9-11(15)7-8-12(13)10(2)16-5/h7-10,16H,6H2,1-5H3. The second-order valence-corrected chi connectivity index (χ2v) is 5.82. The van der Waals surface area contributed by atoms with E-state index in [1.165, 1.54) is 5.56 Å². The first-order chi connectivity index (χ1) is 7.89. The van der Waals surface area contributed by atoms with Gasteiger partial charge in [0.05, 0.1) is 0 Å². The Morgan fingerprint density at radius 2 is 2.06 bits per heavy atom. The molecule has 0 saturated heterocycles. The molecule has 3 heteroatoms. The van der Waals surface area contributed by atoms with Gasteiger partial charge in [0.25, 0.3) is 0 Å². The van der Waals surface area contributed by atoms with Crippen LogP contribution in [0, 0.1) is 0 Å². The van der Waals surface area contributed by atoms with E-state index in [4.69, 9.17) is 4.74 Å². The highest BCUT2D eigenvalue weighted by atomic mass is 79.9. The first kappa shape index (κ1) is 14.5. The maximum atomic E-state index is 6.12. The van der Waals surface area contributed by atoms with Crippen LogP contribution in [0.25, 0.3) is 0 Å². The largest absolute Gasteiger partial charge is 0.487 e. The minimum absolute atomic E-state index is 0.136. The summed E-state index contributed by atoms with van der Waals surface area (Å²) in [4.78, 5) is 0. The van der Waals surface area contributed by atoms with E-state index in [2.05, 4.69) is 61.1 Å². The molecule has 1 N–H and O–H groups in total. The number of nitrogens with one attached hydrogen (secondary N) is 1. The maximum absolute atomic E-state index is 6.12. The lowest BCUT2D eigenvalue weighted by molar-refractivity contribution is 0.103. The van der Waals surface area contributed by atoms with Crippen molar-refractivity contribution in [2.75, 3.05) is 7.05 Å². The SMILES string of the molecule is CCC(C)(C)Oc1cc(Br)ccc1C(C)NC. The molecular formula is C14H22BrNO. The van der Waals surface area contributed by atoms with E-state index in [1.54, 1.807) is 0 Å². The van der Waals surface area contributed by atoms with Crippen molar-refractivity contribution in [2.45, 2.75) is 45.8 Å². The summed E-state index contributed by atoms with van der Waals surface area (Å²) in [6.07, 6.45) is 0.979. The molecule has 0 heterocycles. The molecule has 0 amide bonds. The normalized spacial score (nSPS) is 13.5. The zero-order valence-electron chi connectivity index (χ0n) is 11.3. The molecule has 1 aromatic rings. The molecule has 17 heavy (non-hydrogen) atoms. The van der Waals surface area contributed by atoms with Gasteiger partial charge in [0.2, 0.25) is 0 Å². The highest BCUT2D eigenvalue weighted by Gasteiger charge is 2.20. The van der Waals surface area contributed by atoms with Gasteiger partial charge in [-0.25, -0.2) is 0 Å². The van der Waals surface area contributed by atoms with Gasteiger partial charge in [-0.15, -0.1) is 0 Å². The minimum atomic E-state index is -0.136. The van der Waals surface area contributed by atoms with E-state index in [1.807, 2.05) is 13.1 Å². The van der Waals surface area contributed by atoms with Crippen LogP contribution in [0.1, 0.15) is 45.7 Å². The highest BCUT2D eigenvalue weighted by molar-refractivity contribution is 9.10. The number of hydrogen-bond acceptors (Lipinski definition) is 2. The van der Waals surface area contributed by atoms with Crippen molar-refractivity contribution in [3.8, 4) is 5.75 Å². The smallest absolute Gasteiger partial charge is 0.126 e. The quantitative estimate of drug-likeness (QED) is 0.875. The van der Waals surface area contributed by atoms with Gasteiger partial charge in [0.1, 0.15) is 11.4 Å². The summed E-state index contributed by atoms with van der Waals surface area (Å²) in [5, 5.41) is 3.25. The fraction of sp³-hybridized carbons (Fsp3) is 0.571. The molecule has 0 aliphatic carbocycles. The molecule has 1 aromatic carbocycles. The van der Waals surface area contributed by atoms with Crippen LogP contribution in [-0.4, -0.2) is 12.6 Å². The van der Waals surface area contributed by atoms with Gasteiger partial charge in [0.15, 0.2) is 0 Å². The molecule has 1 rings (SSSR count). The van der Waals surface area contributed by atoms with E-state index < -0.39 is 0 Å². The van der Waals surface area contributed by atoms with Crippen LogP contribution >= 0.6 is 15.9 Å². The molecule has 96 valence electrons. The van der Waals surface area contributed by atoms with Crippen LogP contribution in [0.3, 0.4) is 0 Å². The highest BCUT2D eigenvalue weighted by Crippen LogP contribution is 2.31. The molecular weight excluding hydrogens is 278 g/mol. The second kappa shape index (κ2) is 5.87. The van der Waals surface area contributed by atoms with Crippen LogP contribution in [0.5, 0.6) is 5.75 Å². The average Bonchev–Trinajstić information content (AvgIpc) is 2.28. The Kier molecular flexibility index (Phi) is 5.02. The third-order valence-corrected chi connectivity index (χ3v) is 3.61. The lowest BCUT2D eigenvalue weighted by Crippen LogP contribution is -2.28. The predicted molar refractivity (Wildman–Crippen MR) is 76.6 cm³/mol. The number of benzene rings is 1. The minimum Gasteiger partial charge on any atom is -0.487 e. The van der Waals surface area contributed by atoms with Gasteiger partial charge < -0.3 is 10.1 Å². The summed E-state index contributed by atoms with van der Waals surface area (Å²) in [5.74, 6) is 0.952. The fourth-order valence-corrected chi connectivity index (χ4v) is 1.82. The maximum Gasteiger partial charge on any atom is 0.126 e. The molecule has 0 bridgehead atoms. The van der Waals surface area contributed by atoms with Crippen molar-refractivity contribution in [2.24, 2.45) is 0 Å². The zero-order valence-corrected chi connectivity index (χ0v) is 12.9. The predicted octanol–water partition coefficient (Wildman–Crippen LogP) is 4.30. The lowest BCUT2D eigenvalue weighted by Gasteiger charge is -2.27. The average molecular weight is 300 g/mol. The molecule has 0 spiro atoms. The fourth-order valence-electron chi connectivity index (χ4n) is 1.48. The Bertz CT molecular complexity index is 376. The Morgan fingerprint density at radius 3 is 2.59 bits per heavy atom. The molecule has 0 fully saturated rings. The van der Waals surface area contributed by atoms with Crippen molar-refractivity contribution < 1.29 is 4.74 Å². The van der Waals surface area contributed by atoms with Gasteiger partial charge in [0, 0.05) is 16.1 Å². The zero-order chi connectivity index (χ0) is 13.1. The van der Waals surface area contributed by atoms with Crippen molar-refractivity contribution in [1.82, 2.24) is 5.32 Å². The van der Waals surface area contributed by atoms with Crippen molar-refractivity contribution in [1.29, 1.82) is 0 Å². The van der Waals surface area contributed by atoms with Crippen LogP contribution in [-0.2, 0) is 0 Å². The van der Waals surface area contributed by atoms with Crippen LogP contribution < -0.4 is 10.1 Å².